The summed E-state index contributed by atoms with van der Waals surface area (Å²) >= 11 is 0. The van der Waals surface area contributed by atoms with Gasteiger partial charge in [-0.3, -0.25) is 14.5 Å². The molecule has 0 bridgehead atoms. The van der Waals surface area contributed by atoms with Gasteiger partial charge in [0.15, 0.2) is 12.3 Å². The number of nitrogens with zero attached hydrogens (tertiary/aromatic N) is 3. The van der Waals surface area contributed by atoms with Gasteiger partial charge in [0.2, 0.25) is 5.89 Å². The summed E-state index contributed by atoms with van der Waals surface area (Å²) in [4.78, 5) is 33.3. The van der Waals surface area contributed by atoms with Crippen molar-refractivity contribution in [3.63, 3.8) is 0 Å². The number of anilines is 1. The van der Waals surface area contributed by atoms with E-state index in [2.05, 4.69) is 25.8 Å². The Kier molecular flexibility index (Phi) is 7.03. The van der Waals surface area contributed by atoms with Crippen molar-refractivity contribution in [3.05, 3.63) is 41.6 Å². The Hall–Kier alpha value is -2.83. The second-order valence-electron chi connectivity index (χ2n) is 8.61. The SMILES string of the molecule is CCCN(CCC)C(=O)c1coc(CN2C(=O)COc3ccc(C(C)(C)CC)cc32)n1. The zero-order chi connectivity index (χ0) is 22.6. The molecule has 7 heteroatoms. The van der Waals surface area contributed by atoms with Crippen LogP contribution in [0.15, 0.2) is 28.9 Å². The number of ether oxygens (including phenoxy) is 1. The highest BCUT2D eigenvalue weighted by molar-refractivity contribution is 5.98. The van der Waals surface area contributed by atoms with Crippen molar-refractivity contribution in [1.29, 1.82) is 0 Å². The van der Waals surface area contributed by atoms with Crippen LogP contribution in [0.3, 0.4) is 0 Å². The first-order valence-electron chi connectivity index (χ1n) is 11.1. The van der Waals surface area contributed by atoms with Crippen LogP contribution in [0.5, 0.6) is 5.75 Å². The molecule has 1 aliphatic rings. The number of hydrogen-bond donors (Lipinski definition) is 0. The van der Waals surface area contributed by atoms with Gasteiger partial charge < -0.3 is 14.1 Å². The van der Waals surface area contributed by atoms with Crippen LogP contribution in [0, 0.1) is 0 Å². The van der Waals surface area contributed by atoms with E-state index >= 15 is 0 Å². The van der Waals surface area contributed by atoms with E-state index in [1.807, 2.05) is 32.0 Å². The first-order chi connectivity index (χ1) is 14.8. The third kappa shape index (κ3) is 4.92. The van der Waals surface area contributed by atoms with Crippen LogP contribution >= 0.6 is 0 Å². The minimum atomic E-state index is -0.163. The molecule has 0 radical (unpaired) electrons. The maximum Gasteiger partial charge on any atom is 0.275 e. The summed E-state index contributed by atoms with van der Waals surface area (Å²) in [6, 6.07) is 5.98. The lowest BCUT2D eigenvalue weighted by Gasteiger charge is -2.31. The fraction of sp³-hybridized carbons (Fsp3) is 0.542. The van der Waals surface area contributed by atoms with E-state index in [0.717, 1.165) is 24.8 Å². The van der Waals surface area contributed by atoms with Gasteiger partial charge in [-0.15, -0.1) is 0 Å². The van der Waals surface area contributed by atoms with Crippen molar-refractivity contribution in [3.8, 4) is 5.75 Å². The van der Waals surface area contributed by atoms with Crippen LogP contribution in [-0.4, -0.2) is 41.4 Å². The molecule has 168 valence electrons. The molecule has 0 unspecified atom stereocenters. The number of aromatic nitrogens is 1. The van der Waals surface area contributed by atoms with E-state index in [9.17, 15) is 9.59 Å². The van der Waals surface area contributed by atoms with Gasteiger partial charge in [0.1, 0.15) is 18.6 Å². The molecule has 2 heterocycles. The highest BCUT2D eigenvalue weighted by Gasteiger charge is 2.30. The van der Waals surface area contributed by atoms with E-state index < -0.39 is 0 Å². The summed E-state index contributed by atoms with van der Waals surface area (Å²) in [6.45, 7) is 12.1. The third-order valence-corrected chi connectivity index (χ3v) is 5.91. The third-order valence-electron chi connectivity index (χ3n) is 5.91. The maximum absolute atomic E-state index is 12.8. The first-order valence-corrected chi connectivity index (χ1v) is 11.1. The smallest absolute Gasteiger partial charge is 0.275 e. The summed E-state index contributed by atoms with van der Waals surface area (Å²) in [7, 11) is 0. The van der Waals surface area contributed by atoms with Gasteiger partial charge in [-0.2, -0.15) is 0 Å². The Morgan fingerprint density at radius 1 is 1.19 bits per heavy atom. The van der Waals surface area contributed by atoms with Gasteiger partial charge in [-0.25, -0.2) is 4.98 Å². The normalized spacial score (nSPS) is 13.7. The molecule has 1 aromatic heterocycles. The highest BCUT2D eigenvalue weighted by Crippen LogP contribution is 2.38. The van der Waals surface area contributed by atoms with Crippen molar-refractivity contribution in [2.24, 2.45) is 0 Å². The molecule has 0 atom stereocenters. The molecule has 31 heavy (non-hydrogen) atoms. The van der Waals surface area contributed by atoms with Crippen LogP contribution < -0.4 is 9.64 Å². The van der Waals surface area contributed by atoms with Crippen LogP contribution in [0.2, 0.25) is 0 Å². The standard InChI is InChI=1S/C24H33N3O4/c1-6-11-26(12-7-2)23(29)18-15-31-21(25-18)14-27-19-13-17(24(4,5)8-3)9-10-20(19)30-16-22(27)28/h9-10,13,15H,6-8,11-12,14,16H2,1-5H3. The number of amides is 2. The molecule has 3 rings (SSSR count). The highest BCUT2D eigenvalue weighted by atomic mass is 16.5. The summed E-state index contributed by atoms with van der Waals surface area (Å²) in [5.41, 5.74) is 2.10. The van der Waals surface area contributed by atoms with Gasteiger partial charge in [-0.1, -0.05) is 40.7 Å². The number of benzene rings is 1. The average molecular weight is 428 g/mol. The molecule has 0 aliphatic carbocycles. The van der Waals surface area contributed by atoms with Gasteiger partial charge >= 0.3 is 0 Å². The zero-order valence-corrected chi connectivity index (χ0v) is 19.2. The molecular weight excluding hydrogens is 394 g/mol. The van der Waals surface area contributed by atoms with Crippen LogP contribution in [0.25, 0.3) is 0 Å². The second kappa shape index (κ2) is 9.54. The number of carbonyl (C=O) groups excluding carboxylic acids is 2. The molecule has 0 N–H and O–H groups in total. The predicted octanol–water partition coefficient (Wildman–Crippen LogP) is 4.55. The number of rotatable bonds is 9. The minimum Gasteiger partial charge on any atom is -0.482 e. The lowest BCUT2D eigenvalue weighted by atomic mass is 9.82. The average Bonchev–Trinajstić information content (AvgIpc) is 3.23. The van der Waals surface area contributed by atoms with E-state index in [-0.39, 0.29) is 36.1 Å². The Morgan fingerprint density at radius 3 is 2.55 bits per heavy atom. The van der Waals surface area contributed by atoms with Crippen molar-refractivity contribution < 1.29 is 18.7 Å². The van der Waals surface area contributed by atoms with Crippen LogP contribution in [0.4, 0.5) is 5.69 Å². The first kappa shape index (κ1) is 22.8. The van der Waals surface area contributed by atoms with E-state index in [1.54, 1.807) is 9.80 Å². The van der Waals surface area contributed by atoms with E-state index in [0.29, 0.717) is 30.4 Å². The summed E-state index contributed by atoms with van der Waals surface area (Å²) in [6.07, 6.45) is 4.12. The topological polar surface area (TPSA) is 75.9 Å². The van der Waals surface area contributed by atoms with Crippen LogP contribution in [-0.2, 0) is 16.8 Å². The summed E-state index contributed by atoms with van der Waals surface area (Å²) in [5, 5.41) is 0. The summed E-state index contributed by atoms with van der Waals surface area (Å²) in [5.74, 6) is 0.691. The largest absolute Gasteiger partial charge is 0.482 e. The van der Waals surface area contributed by atoms with Crippen LogP contribution in [0.1, 0.15) is 75.8 Å². The molecule has 0 spiro atoms. The fourth-order valence-electron chi connectivity index (χ4n) is 3.63. The lowest BCUT2D eigenvalue weighted by Crippen LogP contribution is -2.38. The van der Waals surface area contributed by atoms with E-state index in [4.69, 9.17) is 9.15 Å². The van der Waals surface area contributed by atoms with Gasteiger partial charge in [-0.05, 0) is 42.4 Å². The number of oxazole rings is 1. The minimum absolute atomic E-state index is 0.0221. The van der Waals surface area contributed by atoms with Crippen molar-refractivity contribution in [2.45, 2.75) is 65.8 Å². The lowest BCUT2D eigenvalue weighted by molar-refractivity contribution is -0.121. The molecule has 1 aromatic carbocycles. The monoisotopic (exact) mass is 427 g/mol. The number of hydrogen-bond acceptors (Lipinski definition) is 5. The molecule has 1 aliphatic heterocycles. The zero-order valence-electron chi connectivity index (χ0n) is 19.2. The fourth-order valence-corrected chi connectivity index (χ4v) is 3.63. The quantitative estimate of drug-likeness (QED) is 0.587. The molecule has 0 saturated heterocycles. The predicted molar refractivity (Wildman–Crippen MR) is 119 cm³/mol. The van der Waals surface area contributed by atoms with Crippen molar-refractivity contribution >= 4 is 17.5 Å². The second-order valence-corrected chi connectivity index (χ2v) is 8.61. The molecule has 0 saturated carbocycles. The Morgan fingerprint density at radius 2 is 1.90 bits per heavy atom. The molecular formula is C24H33N3O4. The maximum atomic E-state index is 12.8. The Balaban J connectivity index is 1.85. The molecule has 2 aromatic rings. The Labute approximate surface area is 184 Å². The van der Waals surface area contributed by atoms with Gasteiger partial charge in [0, 0.05) is 13.1 Å². The number of fused-ring (bicyclic) bond motifs is 1. The Bertz CT molecular complexity index is 929. The molecule has 2 amide bonds. The summed E-state index contributed by atoms with van der Waals surface area (Å²) < 4.78 is 11.2. The van der Waals surface area contributed by atoms with E-state index in [1.165, 1.54) is 6.26 Å². The van der Waals surface area contributed by atoms with Gasteiger partial charge in [0.25, 0.3) is 11.8 Å². The molecule has 0 fully saturated rings. The number of carbonyl (C=O) groups is 2. The van der Waals surface area contributed by atoms with Crippen molar-refractivity contribution in [2.75, 3.05) is 24.6 Å². The van der Waals surface area contributed by atoms with Gasteiger partial charge in [0.05, 0.1) is 5.69 Å². The van der Waals surface area contributed by atoms with Crippen molar-refractivity contribution in [1.82, 2.24) is 9.88 Å². The molecule has 7 nitrogen and oxygen atoms in total.